The minimum atomic E-state index is 0.148. The first kappa shape index (κ1) is 16.9. The van der Waals surface area contributed by atoms with E-state index in [0.29, 0.717) is 29.9 Å². The van der Waals surface area contributed by atoms with Gasteiger partial charge in [0, 0.05) is 49.5 Å². The molecule has 0 N–H and O–H groups in total. The Hall–Kier alpha value is -1.91. The summed E-state index contributed by atoms with van der Waals surface area (Å²) in [5.74, 6) is 0.753. The van der Waals surface area contributed by atoms with Gasteiger partial charge in [0.2, 0.25) is 5.91 Å². The summed E-state index contributed by atoms with van der Waals surface area (Å²) in [6.45, 7) is 2.11. The van der Waals surface area contributed by atoms with Gasteiger partial charge in [0.05, 0.1) is 13.0 Å². The van der Waals surface area contributed by atoms with Crippen molar-refractivity contribution in [1.82, 2.24) is 9.88 Å². The first-order valence-corrected chi connectivity index (χ1v) is 8.46. The van der Waals surface area contributed by atoms with Crippen molar-refractivity contribution in [1.29, 1.82) is 0 Å². The largest absolute Gasteiger partial charge is 0.384 e. The summed E-state index contributed by atoms with van der Waals surface area (Å²) in [7, 11) is 1.71. The monoisotopic (exact) mass is 344 g/mol. The molecule has 1 amide bonds. The van der Waals surface area contributed by atoms with Crippen molar-refractivity contribution in [2.24, 2.45) is 5.92 Å². The zero-order chi connectivity index (χ0) is 16.9. The van der Waals surface area contributed by atoms with Crippen LogP contribution in [-0.4, -0.2) is 42.6 Å². The van der Waals surface area contributed by atoms with Gasteiger partial charge < -0.3 is 9.64 Å². The van der Waals surface area contributed by atoms with E-state index in [0.717, 1.165) is 18.7 Å². The predicted octanol–water partition coefficient (Wildman–Crippen LogP) is 3.17. The van der Waals surface area contributed by atoms with Crippen LogP contribution in [0.3, 0.4) is 0 Å². The molecule has 0 bridgehead atoms. The van der Waals surface area contributed by atoms with Crippen molar-refractivity contribution >= 4 is 17.5 Å². The quantitative estimate of drug-likeness (QED) is 0.836. The minimum absolute atomic E-state index is 0.148. The molecule has 4 nitrogen and oxygen atoms in total. The maximum atomic E-state index is 12.7. The smallest absolute Gasteiger partial charge is 0.227 e. The molecule has 1 saturated heterocycles. The van der Waals surface area contributed by atoms with Gasteiger partial charge >= 0.3 is 0 Å². The molecule has 2 atom stereocenters. The molecule has 3 rings (SSSR count). The molecular weight excluding hydrogens is 324 g/mol. The van der Waals surface area contributed by atoms with Crippen molar-refractivity contribution in [3.05, 3.63) is 64.9 Å². The molecule has 2 aromatic rings. The standard InChI is InChI=1S/C19H21ClN2O2/c1-24-13-16-11-22(12-18(16)15-6-8-21-9-7-15)19(23)10-14-2-4-17(20)5-3-14/h2-9,16,18H,10-13H2,1H3. The van der Waals surface area contributed by atoms with Crippen molar-refractivity contribution < 1.29 is 9.53 Å². The lowest BCUT2D eigenvalue weighted by atomic mass is 9.90. The molecule has 5 heteroatoms. The maximum absolute atomic E-state index is 12.7. The van der Waals surface area contributed by atoms with E-state index in [1.807, 2.05) is 41.3 Å². The second kappa shape index (κ2) is 7.77. The number of amides is 1. The Bertz CT molecular complexity index is 676. The zero-order valence-corrected chi connectivity index (χ0v) is 14.4. The van der Waals surface area contributed by atoms with Crippen LogP contribution in [0, 0.1) is 5.92 Å². The summed E-state index contributed by atoms with van der Waals surface area (Å²) in [6.07, 6.45) is 4.01. The van der Waals surface area contributed by atoms with Crippen LogP contribution in [0.1, 0.15) is 17.0 Å². The fourth-order valence-electron chi connectivity index (χ4n) is 3.33. The summed E-state index contributed by atoms with van der Waals surface area (Å²) in [4.78, 5) is 18.7. The number of ether oxygens (including phenoxy) is 1. The van der Waals surface area contributed by atoms with E-state index in [9.17, 15) is 4.79 Å². The molecule has 0 aliphatic carbocycles. The summed E-state index contributed by atoms with van der Waals surface area (Å²) in [6, 6.07) is 11.5. The van der Waals surface area contributed by atoms with Gasteiger partial charge in [-0.25, -0.2) is 0 Å². The van der Waals surface area contributed by atoms with Crippen molar-refractivity contribution in [2.75, 3.05) is 26.8 Å². The highest BCUT2D eigenvalue weighted by Crippen LogP contribution is 2.33. The van der Waals surface area contributed by atoms with Crippen molar-refractivity contribution in [3.8, 4) is 0 Å². The molecule has 0 saturated carbocycles. The topological polar surface area (TPSA) is 42.4 Å². The zero-order valence-electron chi connectivity index (χ0n) is 13.7. The number of aromatic nitrogens is 1. The van der Waals surface area contributed by atoms with Gasteiger partial charge in [-0.1, -0.05) is 23.7 Å². The molecule has 2 heterocycles. The van der Waals surface area contributed by atoms with Gasteiger partial charge in [0.15, 0.2) is 0 Å². The molecule has 1 aliphatic rings. The second-order valence-corrected chi connectivity index (χ2v) is 6.64. The number of carbonyl (C=O) groups excluding carboxylic acids is 1. The fourth-order valence-corrected chi connectivity index (χ4v) is 3.46. The number of likely N-dealkylation sites (tertiary alicyclic amines) is 1. The Balaban J connectivity index is 1.70. The van der Waals surface area contributed by atoms with Gasteiger partial charge in [-0.05, 0) is 35.4 Å². The maximum Gasteiger partial charge on any atom is 0.227 e. The number of halogens is 1. The van der Waals surface area contributed by atoms with Gasteiger partial charge in [-0.3, -0.25) is 9.78 Å². The highest BCUT2D eigenvalue weighted by molar-refractivity contribution is 6.30. The average Bonchev–Trinajstić information content (AvgIpc) is 3.02. The Morgan fingerprint density at radius 2 is 1.92 bits per heavy atom. The molecule has 1 fully saturated rings. The molecule has 0 spiro atoms. The number of nitrogens with zero attached hydrogens (tertiary/aromatic N) is 2. The summed E-state index contributed by atoms with van der Waals surface area (Å²) >= 11 is 5.90. The van der Waals surface area contributed by atoms with Crippen molar-refractivity contribution in [3.63, 3.8) is 0 Å². The molecular formula is C19H21ClN2O2. The number of benzene rings is 1. The first-order valence-electron chi connectivity index (χ1n) is 8.08. The van der Waals surface area contributed by atoms with Crippen LogP contribution < -0.4 is 0 Å². The third-order valence-corrected chi connectivity index (χ3v) is 4.83. The lowest BCUT2D eigenvalue weighted by molar-refractivity contribution is -0.129. The molecule has 126 valence electrons. The fraction of sp³-hybridized carbons (Fsp3) is 0.368. The van der Waals surface area contributed by atoms with Gasteiger partial charge in [-0.2, -0.15) is 0 Å². The average molecular weight is 345 g/mol. The third kappa shape index (κ3) is 3.94. The Morgan fingerprint density at radius 1 is 1.21 bits per heavy atom. The molecule has 2 unspecified atom stereocenters. The Kier molecular flexibility index (Phi) is 5.48. The lowest BCUT2D eigenvalue weighted by Gasteiger charge is -2.17. The van der Waals surface area contributed by atoms with Crippen LogP contribution in [0.5, 0.6) is 0 Å². The first-order chi connectivity index (χ1) is 11.7. The minimum Gasteiger partial charge on any atom is -0.384 e. The number of carbonyl (C=O) groups is 1. The Morgan fingerprint density at radius 3 is 2.58 bits per heavy atom. The summed E-state index contributed by atoms with van der Waals surface area (Å²) < 4.78 is 5.37. The van der Waals surface area contributed by atoms with Crippen LogP contribution in [0.2, 0.25) is 5.02 Å². The summed E-state index contributed by atoms with van der Waals surface area (Å²) in [5, 5.41) is 0.685. The van der Waals surface area contributed by atoms with E-state index in [1.54, 1.807) is 19.5 Å². The van der Waals surface area contributed by atoms with E-state index in [4.69, 9.17) is 16.3 Å². The Labute approximate surface area is 147 Å². The lowest BCUT2D eigenvalue weighted by Crippen LogP contribution is -2.30. The number of pyridine rings is 1. The molecule has 24 heavy (non-hydrogen) atoms. The number of hydrogen-bond acceptors (Lipinski definition) is 3. The van der Waals surface area contributed by atoms with Gasteiger partial charge in [0.25, 0.3) is 0 Å². The van der Waals surface area contributed by atoms with Crippen LogP contribution in [0.25, 0.3) is 0 Å². The van der Waals surface area contributed by atoms with Crippen LogP contribution in [0.4, 0.5) is 0 Å². The SMILES string of the molecule is COCC1CN(C(=O)Cc2ccc(Cl)cc2)CC1c1ccncc1. The van der Waals surface area contributed by atoms with Gasteiger partial charge in [-0.15, -0.1) is 0 Å². The molecule has 1 aliphatic heterocycles. The molecule has 1 aromatic carbocycles. The van der Waals surface area contributed by atoms with Crippen molar-refractivity contribution in [2.45, 2.75) is 12.3 Å². The highest BCUT2D eigenvalue weighted by atomic mass is 35.5. The van der Waals surface area contributed by atoms with E-state index in [1.165, 1.54) is 5.56 Å². The van der Waals surface area contributed by atoms with E-state index < -0.39 is 0 Å². The molecule has 0 radical (unpaired) electrons. The van der Waals surface area contributed by atoms with Gasteiger partial charge in [0.1, 0.15) is 0 Å². The predicted molar refractivity (Wildman–Crippen MR) is 94.1 cm³/mol. The molecule has 1 aromatic heterocycles. The number of rotatable bonds is 5. The number of methoxy groups -OCH3 is 1. The van der Waals surface area contributed by atoms with E-state index >= 15 is 0 Å². The normalized spacial score (nSPS) is 20.3. The van der Waals surface area contributed by atoms with Crippen LogP contribution >= 0.6 is 11.6 Å². The van der Waals surface area contributed by atoms with E-state index in [-0.39, 0.29) is 5.91 Å². The van der Waals surface area contributed by atoms with Crippen LogP contribution in [-0.2, 0) is 16.0 Å². The van der Waals surface area contributed by atoms with Crippen LogP contribution in [0.15, 0.2) is 48.8 Å². The second-order valence-electron chi connectivity index (χ2n) is 6.20. The third-order valence-electron chi connectivity index (χ3n) is 4.58. The number of hydrogen-bond donors (Lipinski definition) is 0. The highest BCUT2D eigenvalue weighted by Gasteiger charge is 2.35. The van der Waals surface area contributed by atoms with E-state index in [2.05, 4.69) is 4.98 Å². The summed E-state index contributed by atoms with van der Waals surface area (Å²) in [5.41, 5.74) is 2.20.